The van der Waals surface area contributed by atoms with E-state index in [1.165, 1.54) is 7.11 Å². The van der Waals surface area contributed by atoms with Crippen LogP contribution in [0.2, 0.25) is 0 Å². The monoisotopic (exact) mass is 287 g/mol. The highest BCUT2D eigenvalue weighted by Crippen LogP contribution is 2.38. The van der Waals surface area contributed by atoms with Crippen molar-refractivity contribution in [1.29, 1.82) is 0 Å². The summed E-state index contributed by atoms with van der Waals surface area (Å²) in [4.78, 5) is 0. The number of benzene rings is 1. The first kappa shape index (κ1) is 11.5. The predicted molar refractivity (Wildman–Crippen MR) is 64.3 cm³/mol. The van der Waals surface area contributed by atoms with Crippen LogP contribution in [0.4, 0.5) is 0 Å². The summed E-state index contributed by atoms with van der Waals surface area (Å²) in [5.41, 5.74) is -0.176. The predicted octanol–water partition coefficient (Wildman–Crippen LogP) is 1.90. The summed E-state index contributed by atoms with van der Waals surface area (Å²) in [6, 6.07) is 3.26. The molecule has 1 aliphatic rings. The zero-order valence-corrected chi connectivity index (χ0v) is 10.8. The van der Waals surface area contributed by atoms with Crippen molar-refractivity contribution in [3.8, 4) is 17.2 Å². The number of nitrogens with one attached hydrogen (secondary N) is 1. The van der Waals surface area contributed by atoms with Gasteiger partial charge in [0, 0.05) is 25.2 Å². The molecule has 2 rings (SSSR count). The van der Waals surface area contributed by atoms with Crippen molar-refractivity contribution in [2.45, 2.75) is 12.5 Å². The summed E-state index contributed by atoms with van der Waals surface area (Å²) in [6.07, 6.45) is 0. The van der Waals surface area contributed by atoms with Crippen LogP contribution in [0.5, 0.6) is 17.2 Å². The highest BCUT2D eigenvalue weighted by molar-refractivity contribution is 9.10. The summed E-state index contributed by atoms with van der Waals surface area (Å²) in [5.74, 6) is 1.19. The van der Waals surface area contributed by atoms with Crippen molar-refractivity contribution in [1.82, 2.24) is 5.32 Å². The largest absolute Gasteiger partial charge is 0.504 e. The van der Waals surface area contributed by atoms with Gasteiger partial charge in [-0.05, 0) is 22.9 Å². The first-order valence-electron chi connectivity index (χ1n) is 5.00. The molecule has 1 aliphatic heterocycles. The van der Waals surface area contributed by atoms with Crippen LogP contribution in [0.25, 0.3) is 0 Å². The van der Waals surface area contributed by atoms with Gasteiger partial charge in [-0.2, -0.15) is 0 Å². The minimum atomic E-state index is -0.176. The third-order valence-corrected chi connectivity index (χ3v) is 3.21. The number of halogens is 1. The molecule has 2 N–H and O–H groups in total. The van der Waals surface area contributed by atoms with Crippen LogP contribution in [0.1, 0.15) is 6.92 Å². The molecule has 0 atom stereocenters. The lowest BCUT2D eigenvalue weighted by atomic mass is 10.00. The van der Waals surface area contributed by atoms with E-state index in [0.29, 0.717) is 11.5 Å². The molecule has 88 valence electrons. The number of phenolic OH excluding ortho intramolecular Hbond substituents is 1. The smallest absolute Gasteiger partial charge is 0.164 e. The van der Waals surface area contributed by atoms with Gasteiger partial charge >= 0.3 is 0 Å². The Morgan fingerprint density at radius 3 is 2.56 bits per heavy atom. The van der Waals surface area contributed by atoms with Gasteiger partial charge in [-0.15, -0.1) is 0 Å². The number of ether oxygens (including phenoxy) is 2. The van der Waals surface area contributed by atoms with E-state index in [4.69, 9.17) is 9.47 Å². The highest BCUT2D eigenvalue weighted by atomic mass is 79.9. The molecule has 1 fully saturated rings. The first-order valence-corrected chi connectivity index (χ1v) is 5.80. The van der Waals surface area contributed by atoms with Crippen LogP contribution in [0.3, 0.4) is 0 Å². The summed E-state index contributed by atoms with van der Waals surface area (Å²) in [6.45, 7) is 3.68. The van der Waals surface area contributed by atoms with Crippen molar-refractivity contribution in [2.24, 2.45) is 0 Å². The van der Waals surface area contributed by atoms with Crippen molar-refractivity contribution >= 4 is 15.9 Å². The molecular formula is C11H14BrNO3. The number of hydrogen-bond donors (Lipinski definition) is 2. The summed E-state index contributed by atoms with van der Waals surface area (Å²) >= 11 is 3.36. The van der Waals surface area contributed by atoms with E-state index in [1.54, 1.807) is 12.1 Å². The highest BCUT2D eigenvalue weighted by Gasteiger charge is 2.34. The minimum Gasteiger partial charge on any atom is -0.504 e. The molecule has 0 spiro atoms. The van der Waals surface area contributed by atoms with E-state index in [1.807, 2.05) is 6.92 Å². The fraction of sp³-hybridized carbons (Fsp3) is 0.455. The Balaban J connectivity index is 2.26. The first-order chi connectivity index (χ1) is 7.54. The van der Waals surface area contributed by atoms with Gasteiger partial charge in [-0.25, -0.2) is 0 Å². The van der Waals surface area contributed by atoms with E-state index in [2.05, 4.69) is 21.2 Å². The van der Waals surface area contributed by atoms with Crippen LogP contribution in [-0.4, -0.2) is 30.9 Å². The lowest BCUT2D eigenvalue weighted by Gasteiger charge is -2.39. The van der Waals surface area contributed by atoms with Crippen molar-refractivity contribution in [3.63, 3.8) is 0 Å². The third-order valence-electron chi connectivity index (χ3n) is 2.59. The quantitative estimate of drug-likeness (QED) is 0.892. The fourth-order valence-electron chi connectivity index (χ4n) is 1.58. The molecule has 1 aromatic carbocycles. The average Bonchev–Trinajstić information content (AvgIpc) is 2.19. The van der Waals surface area contributed by atoms with Crippen LogP contribution in [0.15, 0.2) is 16.6 Å². The van der Waals surface area contributed by atoms with E-state index < -0.39 is 0 Å². The van der Waals surface area contributed by atoms with E-state index >= 15 is 0 Å². The second-order valence-electron chi connectivity index (χ2n) is 4.11. The van der Waals surface area contributed by atoms with Gasteiger partial charge in [0.05, 0.1) is 11.6 Å². The summed E-state index contributed by atoms with van der Waals surface area (Å²) in [5, 5.41) is 12.7. The van der Waals surface area contributed by atoms with Crippen molar-refractivity contribution < 1.29 is 14.6 Å². The fourth-order valence-corrected chi connectivity index (χ4v) is 1.99. The van der Waals surface area contributed by atoms with Crippen LogP contribution in [-0.2, 0) is 0 Å². The average molecular weight is 288 g/mol. The van der Waals surface area contributed by atoms with Crippen molar-refractivity contribution in [2.75, 3.05) is 20.2 Å². The molecule has 0 saturated carbocycles. The zero-order chi connectivity index (χ0) is 11.8. The second-order valence-corrected chi connectivity index (χ2v) is 4.96. The molecule has 0 aromatic heterocycles. The molecule has 16 heavy (non-hydrogen) atoms. The molecular weight excluding hydrogens is 274 g/mol. The van der Waals surface area contributed by atoms with Crippen molar-refractivity contribution in [3.05, 3.63) is 16.6 Å². The topological polar surface area (TPSA) is 50.7 Å². The lowest BCUT2D eigenvalue weighted by molar-refractivity contribution is 0.0339. The van der Waals surface area contributed by atoms with Gasteiger partial charge in [-0.1, -0.05) is 0 Å². The second kappa shape index (κ2) is 4.14. The lowest BCUT2D eigenvalue weighted by Crippen LogP contribution is -2.61. The van der Waals surface area contributed by atoms with E-state index in [0.717, 1.165) is 17.6 Å². The molecule has 0 amide bonds. The van der Waals surface area contributed by atoms with Crippen LogP contribution < -0.4 is 14.8 Å². The van der Waals surface area contributed by atoms with Gasteiger partial charge in [0.2, 0.25) is 0 Å². The number of methoxy groups -OCH3 is 1. The maximum Gasteiger partial charge on any atom is 0.164 e. The number of phenols is 1. The Hall–Kier alpha value is -0.940. The maximum atomic E-state index is 9.56. The van der Waals surface area contributed by atoms with Gasteiger partial charge < -0.3 is 19.9 Å². The Morgan fingerprint density at radius 1 is 1.38 bits per heavy atom. The molecule has 5 heteroatoms. The zero-order valence-electron chi connectivity index (χ0n) is 9.21. The molecule has 1 aromatic rings. The third kappa shape index (κ3) is 2.10. The molecule has 0 aliphatic carbocycles. The van der Waals surface area contributed by atoms with Crippen LogP contribution in [0, 0.1) is 0 Å². The SMILES string of the molecule is COc1cc(OC2(C)CNC2)c(Br)cc1O. The molecule has 0 radical (unpaired) electrons. The van der Waals surface area contributed by atoms with Gasteiger partial charge in [-0.3, -0.25) is 0 Å². The van der Waals surface area contributed by atoms with E-state index in [-0.39, 0.29) is 11.4 Å². The molecule has 0 unspecified atom stereocenters. The number of rotatable bonds is 3. The minimum absolute atomic E-state index is 0.0959. The Bertz CT molecular complexity index is 404. The summed E-state index contributed by atoms with van der Waals surface area (Å²) < 4.78 is 11.6. The summed E-state index contributed by atoms with van der Waals surface area (Å²) in [7, 11) is 1.51. The Labute approximate surface area is 103 Å². The number of hydrogen-bond acceptors (Lipinski definition) is 4. The standard InChI is InChI=1S/C11H14BrNO3/c1-11(5-13-6-11)16-9-4-10(15-2)8(14)3-7(9)12/h3-4,13-14H,5-6H2,1-2H3. The molecule has 1 saturated heterocycles. The molecule has 1 heterocycles. The van der Waals surface area contributed by atoms with Gasteiger partial charge in [0.15, 0.2) is 11.5 Å². The van der Waals surface area contributed by atoms with Crippen LogP contribution >= 0.6 is 15.9 Å². The Kier molecular flexibility index (Phi) is 2.99. The molecule has 0 bridgehead atoms. The van der Waals surface area contributed by atoms with Gasteiger partial charge in [0.1, 0.15) is 11.4 Å². The normalized spacial score (nSPS) is 17.7. The van der Waals surface area contributed by atoms with E-state index in [9.17, 15) is 5.11 Å². The number of aromatic hydroxyl groups is 1. The molecule has 4 nitrogen and oxygen atoms in total. The maximum absolute atomic E-state index is 9.56. The van der Waals surface area contributed by atoms with Gasteiger partial charge in [0.25, 0.3) is 0 Å². The Morgan fingerprint density at radius 2 is 2.06 bits per heavy atom.